The van der Waals surface area contributed by atoms with Crippen LogP contribution >= 0.6 is 0 Å². The molecule has 1 fully saturated rings. The van der Waals surface area contributed by atoms with Crippen LogP contribution in [-0.4, -0.2) is 45.4 Å². The molecular formula is C13H21N3O2. The third-order valence-electron chi connectivity index (χ3n) is 3.61. The Balaban J connectivity index is 1.91. The number of rotatable bonds is 3. The molecule has 1 amide bonds. The molecule has 0 aromatic carbocycles. The Bertz CT molecular complexity index is 420. The lowest BCUT2D eigenvalue weighted by Gasteiger charge is -2.31. The van der Waals surface area contributed by atoms with Gasteiger partial charge in [0.05, 0.1) is 5.69 Å². The smallest absolute Gasteiger partial charge is 0.244 e. The fraction of sp³-hybridized carbons (Fsp3) is 0.692. The van der Waals surface area contributed by atoms with Gasteiger partial charge < -0.3 is 10.0 Å². The van der Waals surface area contributed by atoms with Crippen molar-refractivity contribution in [2.24, 2.45) is 5.92 Å². The number of hydrogen-bond acceptors (Lipinski definition) is 3. The van der Waals surface area contributed by atoms with Gasteiger partial charge in [0.1, 0.15) is 6.54 Å². The molecule has 1 aliphatic rings. The van der Waals surface area contributed by atoms with E-state index < -0.39 is 0 Å². The van der Waals surface area contributed by atoms with E-state index in [0.29, 0.717) is 12.5 Å². The fourth-order valence-corrected chi connectivity index (χ4v) is 2.43. The van der Waals surface area contributed by atoms with Gasteiger partial charge >= 0.3 is 0 Å². The second kappa shape index (κ2) is 5.52. The van der Waals surface area contributed by atoms with Crippen molar-refractivity contribution in [2.45, 2.75) is 33.2 Å². The minimum Gasteiger partial charge on any atom is -0.396 e. The largest absolute Gasteiger partial charge is 0.396 e. The van der Waals surface area contributed by atoms with Crippen molar-refractivity contribution < 1.29 is 9.90 Å². The summed E-state index contributed by atoms with van der Waals surface area (Å²) < 4.78 is 1.76. The number of aryl methyl sites for hydroxylation is 2. The molecule has 5 nitrogen and oxygen atoms in total. The van der Waals surface area contributed by atoms with Gasteiger partial charge in [-0.15, -0.1) is 0 Å². The first kappa shape index (κ1) is 13.1. The molecule has 0 saturated carbocycles. The highest BCUT2D eigenvalue weighted by molar-refractivity contribution is 5.76. The zero-order chi connectivity index (χ0) is 13.1. The van der Waals surface area contributed by atoms with Crippen LogP contribution in [0.2, 0.25) is 0 Å². The van der Waals surface area contributed by atoms with Gasteiger partial charge in [-0.2, -0.15) is 5.10 Å². The van der Waals surface area contributed by atoms with Crippen LogP contribution < -0.4 is 0 Å². The maximum Gasteiger partial charge on any atom is 0.244 e. The fourth-order valence-electron chi connectivity index (χ4n) is 2.43. The normalized spacial score (nSPS) is 17.2. The van der Waals surface area contributed by atoms with Crippen molar-refractivity contribution in [1.29, 1.82) is 0 Å². The van der Waals surface area contributed by atoms with Gasteiger partial charge in [-0.1, -0.05) is 0 Å². The molecule has 2 rings (SSSR count). The third kappa shape index (κ3) is 2.90. The Kier molecular flexibility index (Phi) is 4.01. The predicted molar refractivity (Wildman–Crippen MR) is 68.1 cm³/mol. The average molecular weight is 251 g/mol. The number of aromatic nitrogens is 2. The van der Waals surface area contributed by atoms with Crippen LogP contribution in [0.3, 0.4) is 0 Å². The van der Waals surface area contributed by atoms with Gasteiger partial charge in [0.2, 0.25) is 5.91 Å². The highest BCUT2D eigenvalue weighted by Gasteiger charge is 2.22. The molecule has 0 atom stereocenters. The first-order valence-corrected chi connectivity index (χ1v) is 6.50. The molecule has 1 N–H and O–H groups in total. The number of carbonyl (C=O) groups is 1. The average Bonchev–Trinajstić information content (AvgIpc) is 2.68. The number of carbonyl (C=O) groups excluding carboxylic acids is 1. The number of amides is 1. The standard InChI is InChI=1S/C13H21N3O2/c1-10-7-11(2)16(14-10)8-13(18)15-5-3-12(9-17)4-6-15/h7,12,17H,3-6,8-9H2,1-2H3. The number of piperidine rings is 1. The second-order valence-electron chi connectivity index (χ2n) is 5.09. The summed E-state index contributed by atoms with van der Waals surface area (Å²) >= 11 is 0. The summed E-state index contributed by atoms with van der Waals surface area (Å²) in [4.78, 5) is 14.0. The number of nitrogens with zero attached hydrogens (tertiary/aromatic N) is 3. The Labute approximate surface area is 107 Å². The van der Waals surface area contributed by atoms with Crippen molar-refractivity contribution in [2.75, 3.05) is 19.7 Å². The van der Waals surface area contributed by atoms with Gasteiger partial charge in [-0.25, -0.2) is 0 Å². The number of hydrogen-bond donors (Lipinski definition) is 1. The van der Waals surface area contributed by atoms with Gasteiger partial charge in [0.25, 0.3) is 0 Å². The molecule has 100 valence electrons. The van der Waals surface area contributed by atoms with Crippen LogP contribution in [0.1, 0.15) is 24.2 Å². The molecule has 0 radical (unpaired) electrons. The minimum absolute atomic E-state index is 0.123. The molecule has 1 aromatic heterocycles. The lowest BCUT2D eigenvalue weighted by molar-refractivity contribution is -0.133. The van der Waals surface area contributed by atoms with Crippen molar-refractivity contribution in [1.82, 2.24) is 14.7 Å². The van der Waals surface area contributed by atoms with Crippen molar-refractivity contribution >= 4 is 5.91 Å². The third-order valence-corrected chi connectivity index (χ3v) is 3.61. The maximum atomic E-state index is 12.1. The van der Waals surface area contributed by atoms with Crippen LogP contribution in [0.5, 0.6) is 0 Å². The summed E-state index contributed by atoms with van der Waals surface area (Å²) in [5.74, 6) is 0.486. The summed E-state index contributed by atoms with van der Waals surface area (Å²) in [5.41, 5.74) is 1.96. The molecule has 1 aromatic rings. The molecule has 0 aliphatic carbocycles. The SMILES string of the molecule is Cc1cc(C)n(CC(=O)N2CCC(CO)CC2)n1. The molecule has 2 heterocycles. The Morgan fingerprint density at radius 1 is 1.44 bits per heavy atom. The van der Waals surface area contributed by atoms with E-state index in [4.69, 9.17) is 5.11 Å². The van der Waals surface area contributed by atoms with Gasteiger partial charge in [-0.3, -0.25) is 9.48 Å². The first-order valence-electron chi connectivity index (χ1n) is 6.50. The van der Waals surface area contributed by atoms with E-state index >= 15 is 0 Å². The van der Waals surface area contributed by atoms with Gasteiger partial charge in [0, 0.05) is 25.4 Å². The van der Waals surface area contributed by atoms with Crippen LogP contribution in [0.4, 0.5) is 0 Å². The summed E-state index contributed by atoms with van der Waals surface area (Å²) in [6.45, 7) is 5.96. The lowest BCUT2D eigenvalue weighted by Crippen LogP contribution is -2.41. The van der Waals surface area contributed by atoms with E-state index in [1.807, 2.05) is 24.8 Å². The Hall–Kier alpha value is -1.36. The van der Waals surface area contributed by atoms with E-state index in [-0.39, 0.29) is 12.5 Å². The van der Waals surface area contributed by atoms with Crippen LogP contribution in [-0.2, 0) is 11.3 Å². The number of aliphatic hydroxyl groups is 1. The second-order valence-corrected chi connectivity index (χ2v) is 5.09. The van der Waals surface area contributed by atoms with Crippen molar-refractivity contribution in [3.63, 3.8) is 0 Å². The summed E-state index contributed by atoms with van der Waals surface area (Å²) in [7, 11) is 0. The van der Waals surface area contributed by atoms with E-state index in [0.717, 1.165) is 37.3 Å². The van der Waals surface area contributed by atoms with Crippen LogP contribution in [0, 0.1) is 19.8 Å². The van der Waals surface area contributed by atoms with E-state index in [9.17, 15) is 4.79 Å². The summed E-state index contributed by atoms with van der Waals surface area (Å²) in [6.07, 6.45) is 1.80. The molecule has 18 heavy (non-hydrogen) atoms. The van der Waals surface area contributed by atoms with E-state index in [1.165, 1.54) is 0 Å². The molecular weight excluding hydrogens is 230 g/mol. The van der Waals surface area contributed by atoms with E-state index in [2.05, 4.69) is 5.10 Å². The molecule has 5 heteroatoms. The van der Waals surface area contributed by atoms with Crippen molar-refractivity contribution in [3.8, 4) is 0 Å². The molecule has 0 spiro atoms. The monoisotopic (exact) mass is 251 g/mol. The van der Waals surface area contributed by atoms with Gasteiger partial charge in [-0.05, 0) is 38.7 Å². The maximum absolute atomic E-state index is 12.1. The van der Waals surface area contributed by atoms with Gasteiger partial charge in [0.15, 0.2) is 0 Å². The number of aliphatic hydroxyl groups excluding tert-OH is 1. The molecule has 0 bridgehead atoms. The number of likely N-dealkylation sites (tertiary alicyclic amines) is 1. The topological polar surface area (TPSA) is 58.4 Å². The molecule has 0 unspecified atom stereocenters. The Morgan fingerprint density at radius 3 is 2.61 bits per heavy atom. The Morgan fingerprint density at radius 2 is 2.11 bits per heavy atom. The highest BCUT2D eigenvalue weighted by Crippen LogP contribution is 2.16. The first-order chi connectivity index (χ1) is 8.60. The predicted octanol–water partition coefficient (Wildman–Crippen LogP) is 0.731. The molecule has 1 saturated heterocycles. The van der Waals surface area contributed by atoms with Crippen LogP contribution in [0.15, 0.2) is 6.07 Å². The lowest BCUT2D eigenvalue weighted by atomic mass is 9.98. The zero-order valence-electron chi connectivity index (χ0n) is 11.1. The quantitative estimate of drug-likeness (QED) is 0.861. The van der Waals surface area contributed by atoms with Crippen molar-refractivity contribution in [3.05, 3.63) is 17.5 Å². The summed E-state index contributed by atoms with van der Waals surface area (Å²) in [6, 6.07) is 1.98. The van der Waals surface area contributed by atoms with E-state index in [1.54, 1.807) is 4.68 Å². The van der Waals surface area contributed by atoms with Crippen LogP contribution in [0.25, 0.3) is 0 Å². The summed E-state index contributed by atoms with van der Waals surface area (Å²) in [5, 5.41) is 13.4. The minimum atomic E-state index is 0.123. The molecule has 1 aliphatic heterocycles. The highest BCUT2D eigenvalue weighted by atomic mass is 16.3. The zero-order valence-corrected chi connectivity index (χ0v) is 11.1.